The number of carbonyl (C=O) groups is 4. The van der Waals surface area contributed by atoms with Crippen LogP contribution in [0.2, 0.25) is 0 Å². The Hall–Kier alpha value is -2.52. The van der Waals surface area contributed by atoms with Crippen LogP contribution in [0.1, 0.15) is 47.0 Å². The van der Waals surface area contributed by atoms with Crippen LogP contribution in [0.5, 0.6) is 0 Å². The minimum atomic E-state index is -0.572. The molecule has 0 aromatic rings. The average Bonchev–Trinajstić information content (AvgIpc) is 3.11. The van der Waals surface area contributed by atoms with Crippen molar-refractivity contribution in [1.82, 2.24) is 10.2 Å². The molecule has 0 saturated carbocycles. The lowest BCUT2D eigenvalue weighted by Crippen LogP contribution is -2.37. The number of carbonyl (C=O) groups excluding carboxylic acids is 3. The Bertz CT molecular complexity index is 774. The van der Waals surface area contributed by atoms with E-state index >= 15 is 0 Å². The van der Waals surface area contributed by atoms with Crippen LogP contribution in [0.3, 0.4) is 0 Å². The molecule has 0 fully saturated rings. The Morgan fingerprint density at radius 2 is 0.962 bits per heavy atom. The van der Waals surface area contributed by atoms with Gasteiger partial charge in [-0.3, -0.25) is 9.59 Å². The molecule has 2 amide bonds. The lowest BCUT2D eigenvalue weighted by atomic mass is 10.2. The van der Waals surface area contributed by atoms with E-state index in [1.165, 1.54) is 0 Å². The first-order valence-electron chi connectivity index (χ1n) is 17.6. The van der Waals surface area contributed by atoms with E-state index < -0.39 is 11.7 Å². The van der Waals surface area contributed by atoms with Gasteiger partial charge in [0.2, 0.25) is 5.91 Å². The fraction of sp³-hybridized carbons (Fsp3) is 0.882. The number of rotatable bonds is 35. The maximum Gasteiger partial charge on any atom is 0.407 e. The lowest BCUT2D eigenvalue weighted by molar-refractivity contribution is -0.134. The van der Waals surface area contributed by atoms with Crippen LogP contribution in [0.15, 0.2) is 0 Å². The molecule has 0 atom stereocenters. The number of nitrogens with zero attached hydrogens (tertiary/aromatic N) is 1. The summed E-state index contributed by atoms with van der Waals surface area (Å²) in [7, 11) is 1.00. The number of hydrogen-bond donors (Lipinski definition) is 3. The third-order valence-electron chi connectivity index (χ3n) is 5.70. The quantitative estimate of drug-likeness (QED) is 0.0611. The minimum Gasteiger partial charge on any atom is -0.483 e. The molecule has 0 aliphatic heterocycles. The van der Waals surface area contributed by atoms with Gasteiger partial charge in [0.1, 0.15) is 11.9 Å². The zero-order valence-electron chi connectivity index (χ0n) is 32.2. The Morgan fingerprint density at radius 3 is 1.35 bits per heavy atom. The fourth-order valence-corrected chi connectivity index (χ4v) is 3.47. The number of aldehydes is 1. The summed E-state index contributed by atoms with van der Waals surface area (Å²) in [6, 6.07) is 0. The molecule has 18 heteroatoms. The number of carboxylic acid groups (broad SMARTS) is 1. The number of hydrogen-bond acceptors (Lipinski definition) is 15. The van der Waals surface area contributed by atoms with Crippen molar-refractivity contribution in [3.8, 4) is 0 Å². The van der Waals surface area contributed by atoms with Gasteiger partial charge in [0.25, 0.3) is 6.47 Å². The summed E-state index contributed by atoms with van der Waals surface area (Å²) in [6.45, 7) is 16.0. The van der Waals surface area contributed by atoms with E-state index in [1.807, 2.05) is 0 Å². The normalized spacial score (nSPS) is 10.7. The Balaban J connectivity index is -0.00000454. The van der Waals surface area contributed by atoms with Gasteiger partial charge in [0, 0.05) is 39.8 Å². The Labute approximate surface area is 309 Å². The molecule has 0 rings (SSSR count). The molecule has 0 unspecified atom stereocenters. The molecule has 18 nitrogen and oxygen atoms in total. The smallest absolute Gasteiger partial charge is 0.407 e. The number of amides is 2. The number of ether oxygens (including phenoxy) is 10. The largest absolute Gasteiger partial charge is 0.483 e. The zero-order valence-corrected chi connectivity index (χ0v) is 32.2. The summed E-state index contributed by atoms with van der Waals surface area (Å²) in [5.41, 5.74) is -0.572. The first-order valence-corrected chi connectivity index (χ1v) is 17.6. The van der Waals surface area contributed by atoms with Gasteiger partial charge in [-0.05, 0) is 27.2 Å². The van der Waals surface area contributed by atoms with E-state index in [0.717, 1.165) is 26.4 Å². The number of aliphatic hydroxyl groups is 1. The first-order chi connectivity index (χ1) is 25.2. The van der Waals surface area contributed by atoms with Gasteiger partial charge in [-0.1, -0.05) is 6.92 Å². The van der Waals surface area contributed by atoms with Crippen molar-refractivity contribution in [2.24, 2.45) is 0 Å². The van der Waals surface area contributed by atoms with E-state index in [0.29, 0.717) is 119 Å². The van der Waals surface area contributed by atoms with Gasteiger partial charge >= 0.3 is 6.09 Å². The van der Waals surface area contributed by atoms with Crippen molar-refractivity contribution in [2.45, 2.75) is 52.6 Å². The van der Waals surface area contributed by atoms with Crippen LogP contribution in [0, 0.1) is 0 Å². The van der Waals surface area contributed by atoms with Gasteiger partial charge in [-0.15, -0.1) is 0 Å². The molecule has 0 aromatic heterocycles. The lowest BCUT2D eigenvalue weighted by Gasteiger charge is -2.23. The van der Waals surface area contributed by atoms with Crippen molar-refractivity contribution < 1.29 is 76.8 Å². The maximum absolute atomic E-state index is 12.9. The second-order valence-electron chi connectivity index (χ2n) is 11.1. The van der Waals surface area contributed by atoms with E-state index in [1.54, 1.807) is 25.7 Å². The number of nitrogens with one attached hydrogen (secondary N) is 1. The van der Waals surface area contributed by atoms with Crippen LogP contribution in [-0.4, -0.2) is 191 Å². The zero-order chi connectivity index (χ0) is 39.4. The molecular formula is C34H68N2O16. The van der Waals surface area contributed by atoms with Crippen LogP contribution >= 0.6 is 0 Å². The van der Waals surface area contributed by atoms with Gasteiger partial charge in [-0.2, -0.15) is 0 Å². The van der Waals surface area contributed by atoms with Crippen molar-refractivity contribution in [1.29, 1.82) is 0 Å². The predicted molar refractivity (Wildman–Crippen MR) is 191 cm³/mol. The van der Waals surface area contributed by atoms with E-state index in [-0.39, 0.29) is 38.6 Å². The monoisotopic (exact) mass is 760 g/mol. The van der Waals surface area contributed by atoms with Crippen molar-refractivity contribution >= 4 is 24.8 Å². The third-order valence-corrected chi connectivity index (χ3v) is 5.70. The van der Waals surface area contributed by atoms with Crippen LogP contribution in [-0.2, 0) is 61.8 Å². The fourth-order valence-electron chi connectivity index (χ4n) is 3.47. The third kappa shape index (κ3) is 47.5. The molecule has 0 radical (unpaired) electrons. The highest BCUT2D eigenvalue weighted by atomic mass is 16.6. The number of alkyl carbamates (subject to hydrolysis) is 1. The summed E-state index contributed by atoms with van der Waals surface area (Å²) < 4.78 is 54.5. The minimum absolute atomic E-state index is 0.0860. The molecule has 52 heavy (non-hydrogen) atoms. The highest BCUT2D eigenvalue weighted by molar-refractivity contribution is 5.76. The van der Waals surface area contributed by atoms with Crippen molar-refractivity contribution in [3.05, 3.63) is 0 Å². The molecule has 0 aromatic carbocycles. The topological polar surface area (TPSA) is 216 Å². The second-order valence-corrected chi connectivity index (χ2v) is 11.1. The molecule has 3 N–H and O–H groups in total. The molecule has 0 saturated heterocycles. The summed E-state index contributed by atoms with van der Waals surface area (Å²) >= 11 is 0. The van der Waals surface area contributed by atoms with Crippen molar-refractivity contribution in [3.63, 3.8) is 0 Å². The SMILES string of the molecule is CCCOCCOCCOCCOCCN(CCOCCOCCOCCOCCC=O)C(=O)CCOCCNC(=O)OC(C)(C)C.CO.O=CO. The first kappa shape index (κ1) is 53.8. The Kier molecular flexibility index (Phi) is 46.2. The maximum atomic E-state index is 12.9. The van der Waals surface area contributed by atoms with E-state index in [4.69, 9.17) is 62.4 Å². The summed E-state index contributed by atoms with van der Waals surface area (Å²) in [6.07, 6.45) is 1.87. The van der Waals surface area contributed by atoms with E-state index in [9.17, 15) is 14.4 Å². The molecular weight excluding hydrogens is 692 g/mol. The van der Waals surface area contributed by atoms with Crippen LogP contribution in [0.25, 0.3) is 0 Å². The molecule has 0 aliphatic carbocycles. The molecule has 0 spiro atoms. The van der Waals surface area contributed by atoms with Crippen molar-refractivity contribution in [2.75, 3.05) is 146 Å². The van der Waals surface area contributed by atoms with Crippen LogP contribution < -0.4 is 5.32 Å². The molecule has 0 bridgehead atoms. The molecule has 310 valence electrons. The van der Waals surface area contributed by atoms with Gasteiger partial charge < -0.3 is 72.6 Å². The predicted octanol–water partition coefficient (Wildman–Crippen LogP) is 1.19. The highest BCUT2D eigenvalue weighted by Crippen LogP contribution is 2.06. The van der Waals surface area contributed by atoms with E-state index in [2.05, 4.69) is 12.2 Å². The van der Waals surface area contributed by atoms with Gasteiger partial charge in [-0.25, -0.2) is 4.79 Å². The van der Waals surface area contributed by atoms with Gasteiger partial charge in [0.05, 0.1) is 119 Å². The van der Waals surface area contributed by atoms with Crippen LogP contribution in [0.4, 0.5) is 4.79 Å². The standard InChI is InChI=1S/C32H62N2O13.CH2O2.CH4O/c1-5-12-38-18-22-43-26-28-45-24-20-41-16-9-34(30(36)7-14-40-15-8-33-31(37)47-32(2,3)4)10-17-42-21-25-46-29-27-44-23-19-39-13-6-11-35;2-1-3;1-2/h11H,5-10,12-29H2,1-4H3,(H,33,37);1H,(H,2,3);2H,1H3. The summed E-state index contributed by atoms with van der Waals surface area (Å²) in [5, 5.41) is 16.5. The number of aliphatic hydroxyl groups excluding tert-OH is 1. The Morgan fingerprint density at radius 1 is 0.596 bits per heavy atom. The van der Waals surface area contributed by atoms with Gasteiger partial charge in [0.15, 0.2) is 0 Å². The summed E-state index contributed by atoms with van der Waals surface area (Å²) in [4.78, 5) is 44.9. The highest BCUT2D eigenvalue weighted by Gasteiger charge is 2.16. The molecule has 0 heterocycles. The molecule has 0 aliphatic rings. The second kappa shape index (κ2) is 44.6. The summed E-state index contributed by atoms with van der Waals surface area (Å²) in [5.74, 6) is -0.0860. The average molecular weight is 761 g/mol.